The highest BCUT2D eigenvalue weighted by Gasteiger charge is 2.03. The average Bonchev–Trinajstić information content (AvgIpc) is 2.54. The van der Waals surface area contributed by atoms with Crippen LogP contribution in [0.1, 0.15) is 11.4 Å². The van der Waals surface area contributed by atoms with Crippen LogP contribution in [0.3, 0.4) is 0 Å². The Balaban J connectivity index is 1.76. The van der Waals surface area contributed by atoms with Gasteiger partial charge in [-0.05, 0) is 36.5 Å². The lowest BCUT2D eigenvalue weighted by atomic mass is 10.2. The first-order chi connectivity index (χ1) is 10.3. The van der Waals surface area contributed by atoms with Gasteiger partial charge in [0, 0.05) is 38.1 Å². The van der Waals surface area contributed by atoms with Crippen LogP contribution in [0.2, 0.25) is 0 Å². The summed E-state index contributed by atoms with van der Waals surface area (Å²) in [5.41, 5.74) is 4.66. The van der Waals surface area contributed by atoms with E-state index in [9.17, 15) is 0 Å². The zero-order valence-corrected chi connectivity index (χ0v) is 12.6. The fourth-order valence-electron chi connectivity index (χ4n) is 1.62. The molecule has 0 radical (unpaired) electrons. The van der Waals surface area contributed by atoms with E-state index in [1.54, 1.807) is 18.6 Å². The minimum Gasteiger partial charge on any atom is -0.351 e. The highest BCUT2D eigenvalue weighted by molar-refractivity contribution is 7.80. The summed E-state index contributed by atoms with van der Waals surface area (Å²) in [5.74, 6) is 0. The molecule has 2 rings (SSSR count). The third-order valence-corrected chi connectivity index (χ3v) is 3.22. The van der Waals surface area contributed by atoms with Crippen LogP contribution in [-0.4, -0.2) is 39.8 Å². The molecule has 5 nitrogen and oxygen atoms in total. The molecule has 0 spiro atoms. The second-order valence-corrected chi connectivity index (χ2v) is 4.81. The summed E-state index contributed by atoms with van der Waals surface area (Å²) >= 11 is 5.27. The van der Waals surface area contributed by atoms with Crippen molar-refractivity contribution in [3.05, 3.63) is 60.2 Å². The average molecular weight is 299 g/mol. The molecule has 108 valence electrons. The molecule has 21 heavy (non-hydrogen) atoms. The largest absolute Gasteiger partial charge is 0.351 e. The van der Waals surface area contributed by atoms with Crippen LogP contribution in [0.25, 0.3) is 0 Å². The summed E-state index contributed by atoms with van der Waals surface area (Å²) in [7, 11) is 1.93. The van der Waals surface area contributed by atoms with E-state index in [1.807, 2.05) is 48.3 Å². The SMILES string of the molecule is CN(CCc1ccccn1)C(=S)N/N=C/c1ccccn1. The molecule has 2 heterocycles. The number of hydrogen-bond acceptors (Lipinski definition) is 4. The molecule has 0 aliphatic rings. The Labute approximate surface area is 129 Å². The molecule has 0 unspecified atom stereocenters. The van der Waals surface area contributed by atoms with E-state index >= 15 is 0 Å². The van der Waals surface area contributed by atoms with Gasteiger partial charge in [-0.3, -0.25) is 15.4 Å². The van der Waals surface area contributed by atoms with Crippen LogP contribution < -0.4 is 5.43 Å². The molecule has 0 bridgehead atoms. The molecule has 0 fully saturated rings. The van der Waals surface area contributed by atoms with Crippen LogP contribution in [0.5, 0.6) is 0 Å². The summed E-state index contributed by atoms with van der Waals surface area (Å²) in [6.07, 6.45) is 5.99. The monoisotopic (exact) mass is 299 g/mol. The maximum absolute atomic E-state index is 5.27. The lowest BCUT2D eigenvalue weighted by Gasteiger charge is -2.18. The first kappa shape index (κ1) is 15.1. The number of hydrazone groups is 1. The highest BCUT2D eigenvalue weighted by atomic mass is 32.1. The second-order valence-electron chi connectivity index (χ2n) is 4.42. The van der Waals surface area contributed by atoms with Gasteiger partial charge < -0.3 is 4.90 Å². The van der Waals surface area contributed by atoms with Crippen molar-refractivity contribution in [2.24, 2.45) is 5.10 Å². The van der Waals surface area contributed by atoms with Gasteiger partial charge in [0.1, 0.15) is 0 Å². The van der Waals surface area contributed by atoms with E-state index in [1.165, 1.54) is 0 Å². The number of pyridine rings is 2. The van der Waals surface area contributed by atoms with Gasteiger partial charge in [0.2, 0.25) is 0 Å². The molecular formula is C15H17N5S. The zero-order chi connectivity index (χ0) is 14.9. The minimum atomic E-state index is 0.568. The standard InChI is InChI=1S/C15H17N5S/c1-20(11-8-13-6-2-4-9-16-13)15(21)19-18-12-14-7-3-5-10-17-14/h2-7,9-10,12H,8,11H2,1H3,(H,19,21)/b18-12+. The Hall–Kier alpha value is -2.34. The predicted octanol–water partition coefficient (Wildman–Crippen LogP) is 1.86. The third-order valence-electron chi connectivity index (χ3n) is 2.82. The van der Waals surface area contributed by atoms with Crippen LogP contribution in [-0.2, 0) is 6.42 Å². The van der Waals surface area contributed by atoms with Gasteiger partial charge in [-0.2, -0.15) is 5.10 Å². The molecule has 0 atom stereocenters. The number of hydrogen-bond donors (Lipinski definition) is 1. The summed E-state index contributed by atoms with van der Waals surface area (Å²) in [5, 5.41) is 4.65. The topological polar surface area (TPSA) is 53.4 Å². The van der Waals surface area contributed by atoms with Gasteiger partial charge in [0.15, 0.2) is 5.11 Å². The van der Waals surface area contributed by atoms with E-state index < -0.39 is 0 Å². The number of nitrogens with zero attached hydrogens (tertiary/aromatic N) is 4. The summed E-state index contributed by atoms with van der Waals surface area (Å²) in [6.45, 7) is 0.780. The van der Waals surface area contributed by atoms with Crippen molar-refractivity contribution in [3.63, 3.8) is 0 Å². The normalized spacial score (nSPS) is 10.5. The number of likely N-dealkylation sites (N-methyl/N-ethyl adjacent to an activating group) is 1. The minimum absolute atomic E-state index is 0.568. The summed E-state index contributed by atoms with van der Waals surface area (Å²) < 4.78 is 0. The molecule has 1 N–H and O–H groups in total. The van der Waals surface area contributed by atoms with E-state index in [2.05, 4.69) is 20.5 Å². The molecule has 0 amide bonds. The Morgan fingerprint density at radius 3 is 2.67 bits per heavy atom. The lowest BCUT2D eigenvalue weighted by molar-refractivity contribution is 0.496. The molecule has 2 aromatic heterocycles. The van der Waals surface area contributed by atoms with Crippen molar-refractivity contribution in [1.29, 1.82) is 0 Å². The van der Waals surface area contributed by atoms with Crippen molar-refractivity contribution in [1.82, 2.24) is 20.3 Å². The lowest BCUT2D eigenvalue weighted by Crippen LogP contribution is -2.35. The number of aromatic nitrogens is 2. The van der Waals surface area contributed by atoms with Crippen molar-refractivity contribution < 1.29 is 0 Å². The van der Waals surface area contributed by atoms with E-state index in [4.69, 9.17) is 12.2 Å². The van der Waals surface area contributed by atoms with E-state index in [0.29, 0.717) is 5.11 Å². The number of nitrogens with one attached hydrogen (secondary N) is 1. The summed E-state index contributed by atoms with van der Waals surface area (Å²) in [4.78, 5) is 10.4. The number of rotatable bonds is 5. The first-order valence-electron chi connectivity index (χ1n) is 6.61. The van der Waals surface area contributed by atoms with Crippen LogP contribution in [0, 0.1) is 0 Å². The van der Waals surface area contributed by atoms with Crippen molar-refractivity contribution >= 4 is 23.5 Å². The Morgan fingerprint density at radius 1 is 1.24 bits per heavy atom. The molecular weight excluding hydrogens is 282 g/mol. The van der Waals surface area contributed by atoms with Crippen LogP contribution in [0.4, 0.5) is 0 Å². The molecule has 0 aromatic carbocycles. The van der Waals surface area contributed by atoms with Crippen LogP contribution in [0.15, 0.2) is 53.9 Å². The molecule has 0 aliphatic carbocycles. The fourth-order valence-corrected chi connectivity index (χ4v) is 1.77. The highest BCUT2D eigenvalue weighted by Crippen LogP contribution is 1.97. The molecule has 0 saturated heterocycles. The van der Waals surface area contributed by atoms with E-state index in [0.717, 1.165) is 24.4 Å². The third kappa shape index (κ3) is 5.27. The maximum atomic E-state index is 5.27. The van der Waals surface area contributed by atoms with Crippen LogP contribution >= 0.6 is 12.2 Å². The van der Waals surface area contributed by atoms with Crippen molar-refractivity contribution in [2.45, 2.75) is 6.42 Å². The maximum Gasteiger partial charge on any atom is 0.189 e. The zero-order valence-electron chi connectivity index (χ0n) is 11.8. The Kier molecular flexibility index (Phi) is 5.78. The van der Waals surface area contributed by atoms with Gasteiger partial charge in [-0.25, -0.2) is 0 Å². The van der Waals surface area contributed by atoms with Gasteiger partial charge in [-0.1, -0.05) is 12.1 Å². The van der Waals surface area contributed by atoms with Gasteiger partial charge in [-0.15, -0.1) is 0 Å². The van der Waals surface area contributed by atoms with Gasteiger partial charge >= 0.3 is 0 Å². The quantitative estimate of drug-likeness (QED) is 0.519. The summed E-state index contributed by atoms with van der Waals surface area (Å²) in [6, 6.07) is 11.5. The first-order valence-corrected chi connectivity index (χ1v) is 7.01. The molecule has 0 saturated carbocycles. The smallest absolute Gasteiger partial charge is 0.189 e. The molecule has 0 aliphatic heterocycles. The second kappa shape index (κ2) is 8.06. The molecule has 2 aromatic rings. The van der Waals surface area contributed by atoms with Crippen molar-refractivity contribution in [3.8, 4) is 0 Å². The predicted molar refractivity (Wildman–Crippen MR) is 88.1 cm³/mol. The van der Waals surface area contributed by atoms with Gasteiger partial charge in [0.05, 0.1) is 11.9 Å². The Morgan fingerprint density at radius 2 is 2.00 bits per heavy atom. The fraction of sp³-hybridized carbons (Fsp3) is 0.200. The van der Waals surface area contributed by atoms with Gasteiger partial charge in [0.25, 0.3) is 0 Å². The Bertz CT molecular complexity index is 586. The molecule has 6 heteroatoms. The number of thiocarbonyl (C=S) groups is 1. The van der Waals surface area contributed by atoms with Crippen molar-refractivity contribution in [2.75, 3.05) is 13.6 Å². The van der Waals surface area contributed by atoms with E-state index in [-0.39, 0.29) is 0 Å².